The normalized spacial score (nSPS) is 14.6. The quantitative estimate of drug-likeness (QED) is 0.293. The second kappa shape index (κ2) is 11.7. The molecule has 34 heavy (non-hydrogen) atoms. The number of halogens is 1. The van der Waals surface area contributed by atoms with Crippen LogP contribution in [-0.2, 0) is 9.59 Å². The zero-order chi connectivity index (χ0) is 24.8. The van der Waals surface area contributed by atoms with E-state index >= 15 is 0 Å². The monoisotopic (exact) mass is 594 g/mol. The second-order valence-corrected chi connectivity index (χ2v) is 9.90. The van der Waals surface area contributed by atoms with Gasteiger partial charge in [-0.1, -0.05) is 24.6 Å². The lowest BCUT2D eigenvalue weighted by molar-refractivity contribution is -0.127. The molecule has 1 heterocycles. The van der Waals surface area contributed by atoms with Gasteiger partial charge in [-0.25, -0.2) is 0 Å². The summed E-state index contributed by atoms with van der Waals surface area (Å²) in [5, 5.41) is 2.30. The van der Waals surface area contributed by atoms with Crippen LogP contribution >= 0.6 is 34.4 Å². The van der Waals surface area contributed by atoms with E-state index in [9.17, 15) is 14.4 Å². The molecule has 0 bridgehead atoms. The van der Waals surface area contributed by atoms with E-state index in [2.05, 4.69) is 27.9 Å². The Labute approximate surface area is 217 Å². The van der Waals surface area contributed by atoms with Crippen LogP contribution in [0.5, 0.6) is 11.5 Å². The van der Waals surface area contributed by atoms with Crippen molar-refractivity contribution in [3.63, 3.8) is 0 Å². The van der Waals surface area contributed by atoms with Crippen LogP contribution in [0.25, 0.3) is 6.08 Å². The molecule has 0 saturated carbocycles. The van der Waals surface area contributed by atoms with Gasteiger partial charge in [-0.3, -0.25) is 19.3 Å². The standard InChI is InChI=1S/C25H27IN2O5S/c1-5-9-33-23-18(26)11-17(12-20(23)32-6-2)13-21-24(30)28(25(31)34-21)14-22(29)27-19-8-7-15(3)10-16(19)4/h7-8,10-13H,5-6,9,14H2,1-4H3,(H,27,29)/b21-13-. The topological polar surface area (TPSA) is 84.9 Å². The van der Waals surface area contributed by atoms with Gasteiger partial charge in [0, 0.05) is 5.69 Å². The lowest BCUT2D eigenvalue weighted by Crippen LogP contribution is -2.36. The Morgan fingerprint density at radius 3 is 2.59 bits per heavy atom. The van der Waals surface area contributed by atoms with Crippen LogP contribution in [0.3, 0.4) is 0 Å². The average molecular weight is 594 g/mol. The highest BCUT2D eigenvalue weighted by molar-refractivity contribution is 14.1. The van der Waals surface area contributed by atoms with E-state index in [4.69, 9.17) is 9.47 Å². The molecule has 0 atom stereocenters. The second-order valence-electron chi connectivity index (χ2n) is 7.75. The number of amides is 3. The van der Waals surface area contributed by atoms with Crippen molar-refractivity contribution in [2.75, 3.05) is 25.1 Å². The Bertz CT molecular complexity index is 1150. The number of thioether (sulfide) groups is 1. The summed E-state index contributed by atoms with van der Waals surface area (Å²) in [6, 6.07) is 9.31. The molecule has 1 aliphatic rings. The first kappa shape index (κ1) is 26.1. The summed E-state index contributed by atoms with van der Waals surface area (Å²) in [6.07, 6.45) is 2.51. The third-order valence-corrected chi connectivity index (χ3v) is 6.62. The molecule has 1 fully saturated rings. The van der Waals surface area contributed by atoms with Crippen molar-refractivity contribution in [1.29, 1.82) is 0 Å². The number of benzene rings is 2. The number of nitrogens with one attached hydrogen (secondary N) is 1. The molecular weight excluding hydrogens is 567 g/mol. The third kappa shape index (κ3) is 6.32. The minimum atomic E-state index is -0.495. The van der Waals surface area contributed by atoms with Gasteiger partial charge in [0.15, 0.2) is 11.5 Å². The molecule has 1 N–H and O–H groups in total. The SMILES string of the molecule is CCCOc1c(I)cc(/C=C2\SC(=O)N(CC(=O)Nc3ccc(C)cc3C)C2=O)cc1OCC. The van der Waals surface area contributed by atoms with Crippen LogP contribution in [0.15, 0.2) is 35.2 Å². The van der Waals surface area contributed by atoms with E-state index in [1.165, 1.54) is 0 Å². The summed E-state index contributed by atoms with van der Waals surface area (Å²) in [6.45, 7) is 8.46. The van der Waals surface area contributed by atoms with Crippen LogP contribution in [0.4, 0.5) is 10.5 Å². The number of carbonyl (C=O) groups excluding carboxylic acids is 3. The Balaban J connectivity index is 1.76. The maximum absolute atomic E-state index is 12.9. The number of anilines is 1. The molecule has 0 aliphatic carbocycles. The molecule has 0 radical (unpaired) electrons. The Hall–Kier alpha value is -2.53. The van der Waals surface area contributed by atoms with Crippen molar-refractivity contribution in [2.45, 2.75) is 34.1 Å². The number of imide groups is 1. The van der Waals surface area contributed by atoms with E-state index in [-0.39, 0.29) is 11.4 Å². The number of rotatable bonds is 9. The molecule has 2 aromatic rings. The summed E-state index contributed by atoms with van der Waals surface area (Å²) in [5.41, 5.74) is 3.36. The van der Waals surface area contributed by atoms with Gasteiger partial charge in [0.2, 0.25) is 5.91 Å². The van der Waals surface area contributed by atoms with E-state index in [0.29, 0.717) is 36.0 Å². The Morgan fingerprint density at radius 2 is 1.91 bits per heavy atom. The van der Waals surface area contributed by atoms with Crippen molar-refractivity contribution >= 4 is 63.2 Å². The van der Waals surface area contributed by atoms with Gasteiger partial charge in [0.05, 0.1) is 21.7 Å². The molecule has 7 nitrogen and oxygen atoms in total. The highest BCUT2D eigenvalue weighted by Gasteiger charge is 2.36. The van der Waals surface area contributed by atoms with Gasteiger partial charge in [-0.2, -0.15) is 0 Å². The van der Waals surface area contributed by atoms with E-state index < -0.39 is 17.1 Å². The molecular formula is C25H27IN2O5S. The fraction of sp³-hybridized carbons (Fsp3) is 0.320. The fourth-order valence-electron chi connectivity index (χ4n) is 3.35. The minimum Gasteiger partial charge on any atom is -0.490 e. The van der Waals surface area contributed by atoms with Gasteiger partial charge in [0.25, 0.3) is 11.1 Å². The molecule has 1 saturated heterocycles. The maximum Gasteiger partial charge on any atom is 0.294 e. The smallest absolute Gasteiger partial charge is 0.294 e. The zero-order valence-electron chi connectivity index (χ0n) is 19.6. The zero-order valence-corrected chi connectivity index (χ0v) is 22.5. The van der Waals surface area contributed by atoms with Crippen LogP contribution in [0.2, 0.25) is 0 Å². The first-order chi connectivity index (χ1) is 16.2. The number of ether oxygens (including phenoxy) is 2. The minimum absolute atomic E-state index is 0.254. The molecule has 0 aromatic heterocycles. The molecule has 180 valence electrons. The summed E-state index contributed by atoms with van der Waals surface area (Å²) in [5.74, 6) is 0.324. The van der Waals surface area contributed by atoms with E-state index in [1.807, 2.05) is 52.0 Å². The van der Waals surface area contributed by atoms with Gasteiger partial charge in [-0.05, 0) is 96.9 Å². The summed E-state index contributed by atoms with van der Waals surface area (Å²) < 4.78 is 12.4. The van der Waals surface area contributed by atoms with Crippen molar-refractivity contribution in [1.82, 2.24) is 4.90 Å². The third-order valence-electron chi connectivity index (χ3n) is 4.91. The Morgan fingerprint density at radius 1 is 1.15 bits per heavy atom. The molecule has 0 spiro atoms. The van der Waals surface area contributed by atoms with E-state index in [0.717, 1.165) is 37.8 Å². The highest BCUT2D eigenvalue weighted by Crippen LogP contribution is 2.37. The largest absolute Gasteiger partial charge is 0.490 e. The highest BCUT2D eigenvalue weighted by atomic mass is 127. The summed E-state index contributed by atoms with van der Waals surface area (Å²) >= 11 is 2.98. The first-order valence-electron chi connectivity index (χ1n) is 10.9. The van der Waals surface area contributed by atoms with Crippen molar-refractivity contribution in [3.8, 4) is 11.5 Å². The van der Waals surface area contributed by atoms with Crippen LogP contribution in [-0.4, -0.2) is 41.7 Å². The Kier molecular flexibility index (Phi) is 9.01. The number of carbonyl (C=O) groups is 3. The van der Waals surface area contributed by atoms with Crippen LogP contribution < -0.4 is 14.8 Å². The molecule has 1 aliphatic heterocycles. The van der Waals surface area contributed by atoms with Gasteiger partial charge < -0.3 is 14.8 Å². The average Bonchev–Trinajstić information content (AvgIpc) is 3.02. The van der Waals surface area contributed by atoms with Crippen LogP contribution in [0.1, 0.15) is 37.0 Å². The van der Waals surface area contributed by atoms with Crippen molar-refractivity contribution in [2.24, 2.45) is 0 Å². The summed E-state index contributed by atoms with van der Waals surface area (Å²) in [4.78, 5) is 39.1. The molecule has 0 unspecified atom stereocenters. The number of hydrogen-bond acceptors (Lipinski definition) is 6. The molecule has 2 aromatic carbocycles. The predicted octanol–water partition coefficient (Wildman–Crippen LogP) is 5.77. The maximum atomic E-state index is 12.9. The predicted molar refractivity (Wildman–Crippen MR) is 143 cm³/mol. The van der Waals surface area contributed by atoms with Gasteiger partial charge in [-0.15, -0.1) is 0 Å². The van der Waals surface area contributed by atoms with E-state index in [1.54, 1.807) is 12.1 Å². The lowest BCUT2D eigenvalue weighted by Gasteiger charge is -2.14. The molecule has 3 amide bonds. The van der Waals surface area contributed by atoms with Crippen molar-refractivity contribution < 1.29 is 23.9 Å². The first-order valence-corrected chi connectivity index (χ1v) is 12.8. The molecule has 9 heteroatoms. The number of hydrogen-bond donors (Lipinski definition) is 1. The van der Waals surface area contributed by atoms with Gasteiger partial charge >= 0.3 is 0 Å². The number of aryl methyl sites for hydroxylation is 2. The molecule has 3 rings (SSSR count). The van der Waals surface area contributed by atoms with Gasteiger partial charge in [0.1, 0.15) is 6.54 Å². The fourth-order valence-corrected chi connectivity index (χ4v) is 4.97. The lowest BCUT2D eigenvalue weighted by atomic mass is 10.1. The van der Waals surface area contributed by atoms with Crippen LogP contribution in [0, 0.1) is 17.4 Å². The van der Waals surface area contributed by atoms with Crippen molar-refractivity contribution in [3.05, 3.63) is 55.5 Å². The summed E-state index contributed by atoms with van der Waals surface area (Å²) in [7, 11) is 0. The number of nitrogens with zero attached hydrogens (tertiary/aromatic N) is 1.